The molecule has 0 amide bonds. The Balaban J connectivity index is 1.84. The van der Waals surface area contributed by atoms with Gasteiger partial charge >= 0.3 is 0 Å². The number of fused-ring (bicyclic) bond motifs is 5. The molecule has 0 saturated heterocycles. The van der Waals surface area contributed by atoms with Gasteiger partial charge in [0.25, 0.3) is 0 Å². The molecule has 0 bridgehead atoms. The monoisotopic (exact) mass is 394 g/mol. The minimum absolute atomic E-state index is 0.0135. The summed E-state index contributed by atoms with van der Waals surface area (Å²) >= 11 is 0. The van der Waals surface area contributed by atoms with E-state index in [0.717, 1.165) is 0 Å². The number of halogens is 1. The summed E-state index contributed by atoms with van der Waals surface area (Å²) in [5.41, 5.74) is -6.12. The minimum Gasteiger partial charge on any atom is -0.390 e. The fourth-order valence-electron chi connectivity index (χ4n) is 6.85. The molecule has 154 valence electrons. The van der Waals surface area contributed by atoms with Gasteiger partial charge in [0.15, 0.2) is 22.8 Å². The molecule has 0 radical (unpaired) electrons. The van der Waals surface area contributed by atoms with E-state index < -0.39 is 58.5 Å². The minimum atomic E-state index is -2.23. The summed E-state index contributed by atoms with van der Waals surface area (Å²) in [4.78, 5) is 24.2. The summed E-state index contributed by atoms with van der Waals surface area (Å²) < 4.78 is 16.8. The van der Waals surface area contributed by atoms with Gasteiger partial charge in [-0.05, 0) is 50.7 Å². The highest BCUT2D eigenvalue weighted by Gasteiger charge is 2.76. The molecule has 0 aromatic rings. The number of aliphatic hydroxyl groups excluding tert-OH is 3. The number of ketones is 2. The third kappa shape index (κ3) is 2.01. The van der Waals surface area contributed by atoms with Crippen LogP contribution in [0.15, 0.2) is 23.8 Å². The maximum Gasteiger partial charge on any atom is 0.192 e. The van der Waals surface area contributed by atoms with Crippen molar-refractivity contribution in [2.75, 3.05) is 6.61 Å². The number of Topliss-reactive ketones (excluding diaryl/α,β-unsaturated/α-hetero) is 1. The normalized spacial score (nSPS) is 52.5. The van der Waals surface area contributed by atoms with E-state index in [-0.39, 0.29) is 18.6 Å². The summed E-state index contributed by atoms with van der Waals surface area (Å²) in [5.74, 6) is -2.38. The molecule has 4 N–H and O–H groups in total. The number of alkyl halides is 1. The summed E-state index contributed by atoms with van der Waals surface area (Å²) in [7, 11) is 0. The van der Waals surface area contributed by atoms with Gasteiger partial charge in [-0.2, -0.15) is 0 Å². The largest absolute Gasteiger partial charge is 0.390 e. The number of carbonyl (C=O) groups excluding carboxylic acids is 2. The first-order valence-electron chi connectivity index (χ1n) is 9.82. The van der Waals surface area contributed by atoms with Crippen LogP contribution in [-0.2, 0) is 9.59 Å². The van der Waals surface area contributed by atoms with Crippen molar-refractivity contribution >= 4 is 11.6 Å². The van der Waals surface area contributed by atoms with E-state index in [1.54, 1.807) is 13.8 Å². The van der Waals surface area contributed by atoms with Crippen LogP contribution in [0.4, 0.5) is 4.39 Å². The lowest BCUT2D eigenvalue weighted by Crippen LogP contribution is -2.69. The smallest absolute Gasteiger partial charge is 0.192 e. The second-order valence-electron chi connectivity index (χ2n) is 9.36. The zero-order chi connectivity index (χ0) is 20.7. The summed E-state index contributed by atoms with van der Waals surface area (Å²) in [6.45, 7) is 2.33. The van der Waals surface area contributed by atoms with E-state index >= 15 is 4.39 Å². The van der Waals surface area contributed by atoms with Gasteiger partial charge in [0.05, 0.1) is 12.2 Å². The van der Waals surface area contributed by atoms with Crippen LogP contribution in [0.2, 0.25) is 0 Å². The molecule has 3 fully saturated rings. The van der Waals surface area contributed by atoms with Crippen LogP contribution in [0.5, 0.6) is 0 Å². The Hall–Kier alpha value is -1.41. The Labute approximate surface area is 162 Å². The summed E-state index contributed by atoms with van der Waals surface area (Å²) in [6, 6.07) is 0. The molecule has 28 heavy (non-hydrogen) atoms. The first-order valence-corrected chi connectivity index (χ1v) is 9.82. The van der Waals surface area contributed by atoms with Crippen LogP contribution in [0, 0.1) is 22.7 Å². The molecular weight excluding hydrogens is 367 g/mol. The van der Waals surface area contributed by atoms with Gasteiger partial charge in [-0.1, -0.05) is 18.6 Å². The number of aliphatic hydroxyl groups is 4. The van der Waals surface area contributed by atoms with Gasteiger partial charge in [0.1, 0.15) is 6.61 Å². The highest BCUT2D eigenvalue weighted by molar-refractivity contribution is 6.01. The van der Waals surface area contributed by atoms with Crippen molar-refractivity contribution in [3.63, 3.8) is 0 Å². The first kappa shape index (κ1) is 19.9. The molecule has 6 nitrogen and oxygen atoms in total. The van der Waals surface area contributed by atoms with Gasteiger partial charge in [0, 0.05) is 16.7 Å². The first-order chi connectivity index (χ1) is 13.0. The van der Waals surface area contributed by atoms with Crippen molar-refractivity contribution in [3.05, 3.63) is 23.8 Å². The van der Waals surface area contributed by atoms with Crippen molar-refractivity contribution in [3.8, 4) is 0 Å². The lowest BCUT2D eigenvalue weighted by atomic mass is 9.44. The number of hydrogen-bond donors (Lipinski definition) is 4. The van der Waals surface area contributed by atoms with Gasteiger partial charge in [-0.15, -0.1) is 0 Å². The quantitative estimate of drug-likeness (QED) is 0.546. The Morgan fingerprint density at radius 3 is 2.57 bits per heavy atom. The summed E-state index contributed by atoms with van der Waals surface area (Å²) in [6.07, 6.45) is 1.93. The van der Waals surface area contributed by atoms with Crippen LogP contribution in [-0.4, -0.2) is 62.1 Å². The second kappa shape index (κ2) is 5.81. The van der Waals surface area contributed by atoms with E-state index in [4.69, 9.17) is 0 Å². The van der Waals surface area contributed by atoms with Crippen LogP contribution < -0.4 is 0 Å². The maximum absolute atomic E-state index is 16.8. The van der Waals surface area contributed by atoms with Crippen molar-refractivity contribution in [2.45, 2.75) is 63.0 Å². The Kier molecular flexibility index (Phi) is 4.13. The molecule has 0 heterocycles. The molecular formula is C21H27FO6. The lowest BCUT2D eigenvalue weighted by molar-refractivity contribution is -0.222. The van der Waals surface area contributed by atoms with E-state index in [1.807, 2.05) is 0 Å². The molecule has 4 aliphatic carbocycles. The zero-order valence-corrected chi connectivity index (χ0v) is 16.1. The van der Waals surface area contributed by atoms with E-state index in [1.165, 1.54) is 18.2 Å². The molecule has 8 atom stereocenters. The van der Waals surface area contributed by atoms with Crippen molar-refractivity contribution in [1.29, 1.82) is 0 Å². The van der Waals surface area contributed by atoms with Crippen LogP contribution >= 0.6 is 0 Å². The van der Waals surface area contributed by atoms with Gasteiger partial charge in [-0.25, -0.2) is 4.39 Å². The predicted octanol–water partition coefficient (Wildman–Crippen LogP) is 0.620. The number of rotatable bonds is 2. The van der Waals surface area contributed by atoms with Crippen LogP contribution in [0.3, 0.4) is 0 Å². The van der Waals surface area contributed by atoms with Gasteiger partial charge < -0.3 is 20.4 Å². The molecule has 0 aromatic heterocycles. The number of hydrogen-bond acceptors (Lipinski definition) is 6. The average molecular weight is 394 g/mol. The summed E-state index contributed by atoms with van der Waals surface area (Å²) in [5, 5.41) is 42.1. The molecule has 0 aromatic carbocycles. The number of carbonyl (C=O) groups is 2. The zero-order valence-electron chi connectivity index (χ0n) is 16.1. The average Bonchev–Trinajstić information content (AvgIpc) is 2.84. The van der Waals surface area contributed by atoms with E-state index in [2.05, 4.69) is 0 Å². The molecule has 2 unspecified atom stereocenters. The second-order valence-corrected chi connectivity index (χ2v) is 9.36. The highest BCUT2D eigenvalue weighted by atomic mass is 19.1. The fourth-order valence-corrected chi connectivity index (χ4v) is 6.85. The Morgan fingerprint density at radius 2 is 1.93 bits per heavy atom. The molecule has 0 aliphatic heterocycles. The van der Waals surface area contributed by atoms with Crippen molar-refractivity contribution < 1.29 is 34.4 Å². The standard InChI is InChI=1S/C21H27FO6/c1-18-6-5-12(24)7-11(18)3-4-13-14-8-15(25)21(28,17(27)10-23)19(14,2)9-16(26)20(13,18)22/h5-7,13-16,23,25-26,28H,3-4,8-10H2,1-2H3/t13-,14?,15+,16?,18-,19-,20-,21-/m0/s1. The van der Waals surface area contributed by atoms with Gasteiger partial charge in [0.2, 0.25) is 0 Å². The molecule has 4 rings (SSSR count). The SMILES string of the molecule is C[C@]12C=CC(=O)C=C1CC[C@H]1C3C[C@@H](O)[C@](O)(C(=O)CO)[C@@]3(C)CC(O)[C@@]12F. The van der Waals surface area contributed by atoms with Crippen LogP contribution in [0.25, 0.3) is 0 Å². The third-order valence-electron chi connectivity index (χ3n) is 8.43. The Morgan fingerprint density at radius 1 is 1.25 bits per heavy atom. The topological polar surface area (TPSA) is 115 Å². The molecule has 4 aliphatic rings. The maximum atomic E-state index is 16.8. The number of allylic oxidation sites excluding steroid dienone is 4. The van der Waals surface area contributed by atoms with E-state index in [9.17, 15) is 30.0 Å². The van der Waals surface area contributed by atoms with Crippen molar-refractivity contribution in [2.24, 2.45) is 22.7 Å². The van der Waals surface area contributed by atoms with E-state index in [0.29, 0.717) is 18.4 Å². The lowest BCUT2D eigenvalue weighted by Gasteiger charge is -2.62. The molecule has 3 saturated carbocycles. The fraction of sp³-hybridized carbons (Fsp3) is 0.714. The Bertz CT molecular complexity index is 807. The van der Waals surface area contributed by atoms with Crippen LogP contribution in [0.1, 0.15) is 39.5 Å². The third-order valence-corrected chi connectivity index (χ3v) is 8.43. The van der Waals surface area contributed by atoms with Gasteiger partial charge in [-0.3, -0.25) is 9.59 Å². The molecule has 0 spiro atoms. The van der Waals surface area contributed by atoms with Crippen molar-refractivity contribution in [1.82, 2.24) is 0 Å². The predicted molar refractivity (Wildman–Crippen MR) is 96.8 cm³/mol. The highest BCUT2D eigenvalue weighted by Crippen LogP contribution is 2.69. The molecule has 7 heteroatoms.